The number of rotatable bonds is 11. The van der Waals surface area contributed by atoms with E-state index in [0.29, 0.717) is 45.0 Å². The fourth-order valence-electron chi connectivity index (χ4n) is 4.49. The largest absolute Gasteiger partial charge is 0.489 e. The molecule has 2 heterocycles. The van der Waals surface area contributed by atoms with Crippen LogP contribution in [0.5, 0.6) is 5.75 Å². The van der Waals surface area contributed by atoms with E-state index in [1.165, 1.54) is 6.20 Å². The first-order chi connectivity index (χ1) is 19.2. The van der Waals surface area contributed by atoms with Crippen molar-refractivity contribution >= 4 is 51.4 Å². The third kappa shape index (κ3) is 7.30. The Labute approximate surface area is 243 Å². The Morgan fingerprint density at radius 2 is 1.82 bits per heavy atom. The van der Waals surface area contributed by atoms with Crippen molar-refractivity contribution < 1.29 is 13.7 Å². The number of halogens is 1. The van der Waals surface area contributed by atoms with Crippen molar-refractivity contribution in [1.82, 2.24) is 20.2 Å². The fourth-order valence-corrected chi connectivity index (χ4v) is 5.69. The molecular weight excluding hydrogens is 548 g/mol. The summed E-state index contributed by atoms with van der Waals surface area (Å²) in [6.07, 6.45) is 3.72. The third-order valence-electron chi connectivity index (χ3n) is 6.41. The summed E-state index contributed by atoms with van der Waals surface area (Å²) in [7, 11) is 0.415. The highest BCUT2D eigenvalue weighted by atomic mass is 35.5. The summed E-state index contributed by atoms with van der Waals surface area (Å²) in [6, 6.07) is 11.1. The third-order valence-corrected chi connectivity index (χ3v) is 8.33. The average molecular weight is 585 g/mol. The van der Waals surface area contributed by atoms with E-state index in [2.05, 4.69) is 30.8 Å². The average Bonchev–Trinajstić information content (AvgIpc) is 3.44. The number of likely N-dealkylation sites (tertiary alicyclic amines) is 1. The molecule has 3 N–H and O–H groups in total. The van der Waals surface area contributed by atoms with Crippen molar-refractivity contribution in [2.75, 3.05) is 30.8 Å². The second kappa shape index (κ2) is 13.4. The van der Waals surface area contributed by atoms with Gasteiger partial charge in [-0.05, 0) is 69.6 Å². The van der Waals surface area contributed by atoms with Crippen molar-refractivity contribution in [2.45, 2.75) is 63.3 Å². The first-order valence-electron chi connectivity index (χ1n) is 13.5. The van der Waals surface area contributed by atoms with Gasteiger partial charge in [0.05, 0.1) is 39.4 Å². The van der Waals surface area contributed by atoms with Crippen LogP contribution in [0.4, 0.5) is 23.1 Å². The van der Waals surface area contributed by atoms with Gasteiger partial charge in [0.2, 0.25) is 5.95 Å². The van der Waals surface area contributed by atoms with Crippen LogP contribution in [0.25, 0.3) is 0 Å². The number of nitrogens with one attached hydrogen (secondary N) is 3. The molecule has 11 heteroatoms. The highest BCUT2D eigenvalue weighted by molar-refractivity contribution is 7.85. The van der Waals surface area contributed by atoms with Gasteiger partial charge in [0.15, 0.2) is 5.82 Å². The zero-order valence-electron chi connectivity index (χ0n) is 23.6. The van der Waals surface area contributed by atoms with E-state index in [1.807, 2.05) is 58.0 Å². The SMILES string of the molecule is CNC(=O)c1cc(Nc2ncc(Cl)c(Nc3ccccc3S(=O)C(C)C)n2)c(OC(C)C)cc1CN1CCCC1. The summed E-state index contributed by atoms with van der Waals surface area (Å²) in [5, 5.41) is 9.46. The summed E-state index contributed by atoms with van der Waals surface area (Å²) in [5.41, 5.74) is 2.67. The zero-order chi connectivity index (χ0) is 28.8. The number of ether oxygens (including phenoxy) is 1. The van der Waals surface area contributed by atoms with Crippen LogP contribution in [0.1, 0.15) is 56.5 Å². The van der Waals surface area contributed by atoms with Gasteiger partial charge in [-0.3, -0.25) is 13.9 Å². The van der Waals surface area contributed by atoms with Gasteiger partial charge in [0, 0.05) is 24.4 Å². The molecule has 3 aromatic rings. The molecule has 4 rings (SSSR count). The predicted molar refractivity (Wildman–Crippen MR) is 162 cm³/mol. The van der Waals surface area contributed by atoms with Crippen LogP contribution in [-0.4, -0.2) is 56.5 Å². The van der Waals surface area contributed by atoms with Crippen molar-refractivity contribution in [1.29, 1.82) is 0 Å². The van der Waals surface area contributed by atoms with E-state index in [0.717, 1.165) is 31.5 Å². The normalized spacial score (nSPS) is 14.4. The number of hydrogen-bond donors (Lipinski definition) is 3. The Kier molecular flexibility index (Phi) is 9.99. The second-order valence-electron chi connectivity index (χ2n) is 10.2. The molecule has 214 valence electrons. The predicted octanol–water partition coefficient (Wildman–Crippen LogP) is 5.88. The van der Waals surface area contributed by atoms with Crippen LogP contribution >= 0.6 is 11.6 Å². The minimum atomic E-state index is -1.21. The number of carbonyl (C=O) groups is 1. The van der Waals surface area contributed by atoms with E-state index in [4.69, 9.17) is 16.3 Å². The van der Waals surface area contributed by atoms with Gasteiger partial charge in [-0.2, -0.15) is 4.98 Å². The molecule has 0 aliphatic carbocycles. The van der Waals surface area contributed by atoms with Gasteiger partial charge < -0.3 is 20.7 Å². The van der Waals surface area contributed by atoms with E-state index in [9.17, 15) is 9.00 Å². The van der Waals surface area contributed by atoms with Crippen LogP contribution in [0, 0.1) is 0 Å². The monoisotopic (exact) mass is 584 g/mol. The van der Waals surface area contributed by atoms with Crippen molar-refractivity contribution in [3.05, 3.63) is 58.7 Å². The lowest BCUT2D eigenvalue weighted by atomic mass is 10.0. The van der Waals surface area contributed by atoms with E-state index >= 15 is 0 Å². The van der Waals surface area contributed by atoms with E-state index in [-0.39, 0.29) is 23.2 Å². The Morgan fingerprint density at radius 3 is 2.50 bits per heavy atom. The summed E-state index contributed by atoms with van der Waals surface area (Å²) in [6.45, 7) is 10.4. The van der Waals surface area contributed by atoms with Gasteiger partial charge in [-0.25, -0.2) is 4.98 Å². The van der Waals surface area contributed by atoms with Crippen molar-refractivity contribution in [3.8, 4) is 5.75 Å². The van der Waals surface area contributed by atoms with E-state index < -0.39 is 10.8 Å². The lowest BCUT2D eigenvalue weighted by Crippen LogP contribution is -2.24. The fraction of sp³-hybridized carbons (Fsp3) is 0.414. The molecule has 1 amide bonds. The molecule has 0 radical (unpaired) electrons. The van der Waals surface area contributed by atoms with Gasteiger partial charge in [0.25, 0.3) is 5.91 Å². The smallest absolute Gasteiger partial charge is 0.251 e. The number of para-hydroxylation sites is 1. The topological polar surface area (TPSA) is 108 Å². The summed E-state index contributed by atoms with van der Waals surface area (Å²) in [4.78, 5) is 24.9. The highest BCUT2D eigenvalue weighted by Crippen LogP contribution is 2.34. The van der Waals surface area contributed by atoms with Crippen LogP contribution in [0.2, 0.25) is 5.02 Å². The van der Waals surface area contributed by atoms with Gasteiger partial charge in [-0.15, -0.1) is 0 Å². The maximum atomic E-state index is 12.9. The maximum absolute atomic E-state index is 12.9. The second-order valence-corrected chi connectivity index (χ2v) is 12.6. The number of anilines is 4. The Balaban J connectivity index is 1.69. The molecule has 1 aromatic heterocycles. The minimum absolute atomic E-state index is 0.0524. The number of amides is 1. The molecule has 1 saturated heterocycles. The van der Waals surface area contributed by atoms with Crippen molar-refractivity contribution in [3.63, 3.8) is 0 Å². The maximum Gasteiger partial charge on any atom is 0.251 e. The number of aromatic nitrogens is 2. The number of hydrogen-bond acceptors (Lipinski definition) is 8. The molecule has 0 bridgehead atoms. The Morgan fingerprint density at radius 1 is 1.10 bits per heavy atom. The summed E-state index contributed by atoms with van der Waals surface area (Å²) in [5.74, 6) is 1.04. The molecule has 1 aliphatic rings. The van der Waals surface area contributed by atoms with Crippen LogP contribution in [0.15, 0.2) is 47.5 Å². The first kappa shape index (κ1) is 29.8. The Bertz CT molecular complexity index is 1380. The molecule has 1 unspecified atom stereocenters. The zero-order valence-corrected chi connectivity index (χ0v) is 25.2. The lowest BCUT2D eigenvalue weighted by molar-refractivity contribution is 0.0961. The first-order valence-corrected chi connectivity index (χ1v) is 15.1. The van der Waals surface area contributed by atoms with Crippen LogP contribution < -0.4 is 20.7 Å². The van der Waals surface area contributed by atoms with Gasteiger partial charge in [-0.1, -0.05) is 37.6 Å². The molecule has 1 aliphatic heterocycles. The standard InChI is InChI=1S/C29H37ClN6O3S/c1-18(2)39-25-14-20(17-36-12-8-9-13-36)21(28(37)31-5)15-24(25)34-29-32-16-22(30)27(35-29)33-23-10-6-7-11-26(23)40(38)19(3)4/h6-7,10-11,14-16,18-19H,8-9,12-13,17H2,1-5H3,(H,31,37)(H2,32,33,34,35). The number of benzene rings is 2. The van der Waals surface area contributed by atoms with E-state index in [1.54, 1.807) is 13.1 Å². The minimum Gasteiger partial charge on any atom is -0.489 e. The van der Waals surface area contributed by atoms with Gasteiger partial charge >= 0.3 is 0 Å². The molecule has 0 saturated carbocycles. The van der Waals surface area contributed by atoms with Crippen LogP contribution in [-0.2, 0) is 17.3 Å². The molecule has 1 atom stereocenters. The van der Waals surface area contributed by atoms with Gasteiger partial charge in [0.1, 0.15) is 10.8 Å². The number of carbonyl (C=O) groups excluding carboxylic acids is 1. The van der Waals surface area contributed by atoms with Crippen molar-refractivity contribution in [2.24, 2.45) is 0 Å². The number of nitrogens with zero attached hydrogens (tertiary/aromatic N) is 3. The summed E-state index contributed by atoms with van der Waals surface area (Å²) < 4.78 is 19.0. The lowest BCUT2D eigenvalue weighted by Gasteiger charge is -2.22. The molecule has 1 fully saturated rings. The quantitative estimate of drug-likeness (QED) is 0.256. The molecule has 0 spiro atoms. The summed E-state index contributed by atoms with van der Waals surface area (Å²) >= 11 is 6.46. The molecule has 2 aromatic carbocycles. The molecular formula is C29H37ClN6O3S. The molecule has 40 heavy (non-hydrogen) atoms. The van der Waals surface area contributed by atoms with Crippen LogP contribution in [0.3, 0.4) is 0 Å². The Hall–Kier alpha value is -3.21. The highest BCUT2D eigenvalue weighted by Gasteiger charge is 2.21. The molecule has 9 nitrogen and oxygen atoms in total.